The monoisotopic (exact) mass is 478 g/mol. The second-order valence-electron chi connectivity index (χ2n) is 6.19. The van der Waals surface area contributed by atoms with E-state index in [0.717, 1.165) is 23.5 Å². The molecule has 0 aliphatic heterocycles. The second kappa shape index (κ2) is 9.86. The number of amides is 1. The molecule has 1 aromatic carbocycles. The first-order valence-electron chi connectivity index (χ1n) is 8.74. The van der Waals surface area contributed by atoms with E-state index in [9.17, 15) is 19.7 Å². The molecule has 9 nitrogen and oxygen atoms in total. The van der Waals surface area contributed by atoms with Crippen LogP contribution in [0, 0.1) is 17.0 Å². The molecule has 1 unspecified atom stereocenters. The molecule has 0 saturated carbocycles. The summed E-state index contributed by atoms with van der Waals surface area (Å²) in [6.45, 7) is 3.21. The number of ether oxygens (including phenoxy) is 1. The molecule has 0 fully saturated rings. The molecule has 0 radical (unpaired) electrons. The van der Waals surface area contributed by atoms with E-state index in [2.05, 4.69) is 15.3 Å². The first kappa shape index (κ1) is 22.7. The summed E-state index contributed by atoms with van der Waals surface area (Å²) in [5, 5.41) is 16.2. The summed E-state index contributed by atoms with van der Waals surface area (Å²) < 4.78 is 5.80. The van der Waals surface area contributed by atoms with Gasteiger partial charge >= 0.3 is 5.97 Å². The lowest BCUT2D eigenvalue weighted by Gasteiger charge is -2.13. The van der Waals surface area contributed by atoms with Gasteiger partial charge in [-0.25, -0.2) is 14.8 Å². The van der Waals surface area contributed by atoms with E-state index >= 15 is 0 Å². The Bertz CT molecular complexity index is 1140. The van der Waals surface area contributed by atoms with Gasteiger partial charge in [-0.05, 0) is 38.1 Å². The fourth-order valence-corrected chi connectivity index (χ4v) is 4.30. The number of aromatic nitrogens is 2. The Balaban J connectivity index is 1.70. The number of benzene rings is 1. The minimum atomic E-state index is -1.16. The number of nitro groups is 1. The highest BCUT2D eigenvalue weighted by Gasteiger charge is 2.23. The van der Waals surface area contributed by atoms with Gasteiger partial charge in [0, 0.05) is 23.3 Å². The third-order valence-electron chi connectivity index (χ3n) is 3.82. The Morgan fingerprint density at radius 1 is 1.32 bits per heavy atom. The van der Waals surface area contributed by atoms with Crippen LogP contribution in [0.2, 0.25) is 5.02 Å². The van der Waals surface area contributed by atoms with Crippen LogP contribution in [0.5, 0.6) is 0 Å². The molecule has 0 spiro atoms. The van der Waals surface area contributed by atoms with Gasteiger partial charge in [-0.1, -0.05) is 23.4 Å². The number of nitro benzene ring substituents is 1. The molecule has 0 bridgehead atoms. The maximum Gasteiger partial charge on any atom is 0.339 e. The molecule has 160 valence electrons. The molecule has 31 heavy (non-hydrogen) atoms. The molecule has 1 atom stereocenters. The number of rotatable bonds is 7. The van der Waals surface area contributed by atoms with E-state index in [1.165, 1.54) is 42.7 Å². The quantitative estimate of drug-likeness (QED) is 0.293. The van der Waals surface area contributed by atoms with Crippen LogP contribution in [0.1, 0.15) is 23.0 Å². The van der Waals surface area contributed by atoms with Gasteiger partial charge in [-0.2, -0.15) is 0 Å². The van der Waals surface area contributed by atoms with E-state index in [-0.39, 0.29) is 17.1 Å². The Morgan fingerprint density at radius 2 is 2.10 bits per heavy atom. The third kappa shape index (κ3) is 6.00. The standard InChI is InChI=1S/C19H15ClN4O5S2/c1-10-9-30-19(22-10)31-15-5-3-12(7-14(15)24(27)28)18(26)29-11(2)17(25)23-16-6-4-13(20)8-21-16/h3-9,11H,1-2H3,(H,21,23,25). The maximum atomic E-state index is 12.4. The lowest BCUT2D eigenvalue weighted by atomic mass is 10.2. The van der Waals surface area contributed by atoms with Gasteiger partial charge in [0.05, 0.1) is 20.4 Å². The molecule has 1 N–H and O–H groups in total. The molecule has 0 aliphatic carbocycles. The summed E-state index contributed by atoms with van der Waals surface area (Å²) in [6, 6.07) is 7.03. The van der Waals surface area contributed by atoms with E-state index in [1.807, 2.05) is 12.3 Å². The zero-order valence-corrected chi connectivity index (χ0v) is 18.6. The number of anilines is 1. The number of carbonyl (C=O) groups is 2. The van der Waals surface area contributed by atoms with Crippen LogP contribution in [0.25, 0.3) is 0 Å². The highest BCUT2D eigenvalue weighted by molar-refractivity contribution is 8.01. The molecule has 3 rings (SSSR count). The Morgan fingerprint density at radius 3 is 2.71 bits per heavy atom. The van der Waals surface area contributed by atoms with E-state index in [0.29, 0.717) is 14.3 Å². The Kier molecular flexibility index (Phi) is 7.21. The van der Waals surface area contributed by atoms with Crippen LogP contribution in [-0.4, -0.2) is 32.9 Å². The van der Waals surface area contributed by atoms with E-state index in [4.69, 9.17) is 16.3 Å². The van der Waals surface area contributed by atoms with Gasteiger partial charge in [0.2, 0.25) is 0 Å². The number of nitrogens with zero attached hydrogens (tertiary/aromatic N) is 3. The summed E-state index contributed by atoms with van der Waals surface area (Å²) in [6.07, 6.45) is 0.205. The van der Waals surface area contributed by atoms with Crippen LogP contribution in [0.15, 0.2) is 51.1 Å². The van der Waals surface area contributed by atoms with Gasteiger partial charge in [-0.3, -0.25) is 14.9 Å². The molecule has 3 aromatic rings. The van der Waals surface area contributed by atoms with Crippen molar-refractivity contribution < 1.29 is 19.2 Å². The van der Waals surface area contributed by atoms with E-state index in [1.54, 1.807) is 6.07 Å². The van der Waals surface area contributed by atoms with E-state index < -0.39 is 22.9 Å². The van der Waals surface area contributed by atoms with Crippen molar-refractivity contribution in [2.24, 2.45) is 0 Å². The summed E-state index contributed by atoms with van der Waals surface area (Å²) in [5.74, 6) is -1.23. The lowest BCUT2D eigenvalue weighted by molar-refractivity contribution is -0.387. The molecule has 0 aliphatic rings. The highest BCUT2D eigenvalue weighted by atomic mass is 35.5. The molecular weight excluding hydrogens is 464 g/mol. The van der Waals surface area contributed by atoms with Gasteiger partial charge in [-0.15, -0.1) is 11.3 Å². The summed E-state index contributed by atoms with van der Waals surface area (Å²) in [7, 11) is 0. The molecule has 1 amide bonds. The van der Waals surface area contributed by atoms with Gasteiger partial charge in [0.1, 0.15) is 5.82 Å². The first-order chi connectivity index (χ1) is 14.7. The number of aryl methyl sites for hydroxylation is 1. The fraction of sp³-hybridized carbons (Fsp3) is 0.158. The number of hydrogen-bond donors (Lipinski definition) is 1. The first-order valence-corrected chi connectivity index (χ1v) is 10.8. The predicted octanol–water partition coefficient (Wildman–Crippen LogP) is 4.74. The van der Waals surface area contributed by atoms with Crippen LogP contribution >= 0.6 is 34.7 Å². The van der Waals surface area contributed by atoms with Crippen molar-refractivity contribution in [3.63, 3.8) is 0 Å². The summed E-state index contributed by atoms with van der Waals surface area (Å²) >= 11 is 8.25. The largest absolute Gasteiger partial charge is 0.449 e. The second-order valence-corrected chi connectivity index (χ2v) is 8.78. The van der Waals surface area contributed by atoms with Gasteiger partial charge in [0.15, 0.2) is 10.4 Å². The number of nitrogens with one attached hydrogen (secondary N) is 1. The minimum Gasteiger partial charge on any atom is -0.449 e. The number of thiazole rings is 1. The van der Waals surface area contributed by atoms with Crippen molar-refractivity contribution >= 4 is 58.1 Å². The Labute approximate surface area is 190 Å². The number of halogens is 1. The van der Waals surface area contributed by atoms with Crippen molar-refractivity contribution in [1.82, 2.24) is 9.97 Å². The minimum absolute atomic E-state index is 0.0457. The SMILES string of the molecule is Cc1csc(Sc2ccc(C(=O)OC(C)C(=O)Nc3ccc(Cl)cn3)cc2[N+](=O)[O-])n1. The topological polar surface area (TPSA) is 124 Å². The number of esters is 1. The van der Waals surface area contributed by atoms with Gasteiger partial charge in [0.25, 0.3) is 11.6 Å². The Hall–Kier alpha value is -3.02. The summed E-state index contributed by atoms with van der Waals surface area (Å²) in [5.41, 5.74) is 0.516. The molecular formula is C19H15ClN4O5S2. The molecule has 2 heterocycles. The average molecular weight is 479 g/mol. The van der Waals surface area contributed by atoms with Crippen molar-refractivity contribution in [2.45, 2.75) is 29.2 Å². The van der Waals surface area contributed by atoms with Crippen molar-refractivity contribution in [3.05, 3.63) is 68.3 Å². The van der Waals surface area contributed by atoms with Crippen LogP contribution in [0.4, 0.5) is 11.5 Å². The fourth-order valence-electron chi connectivity index (χ4n) is 2.31. The van der Waals surface area contributed by atoms with Crippen molar-refractivity contribution in [1.29, 1.82) is 0 Å². The maximum absolute atomic E-state index is 12.4. The molecule has 0 saturated heterocycles. The normalized spacial score (nSPS) is 11.6. The predicted molar refractivity (Wildman–Crippen MR) is 117 cm³/mol. The number of carbonyl (C=O) groups excluding carboxylic acids is 2. The highest BCUT2D eigenvalue weighted by Crippen LogP contribution is 2.36. The van der Waals surface area contributed by atoms with Crippen molar-refractivity contribution in [2.75, 3.05) is 5.32 Å². The van der Waals surface area contributed by atoms with Crippen LogP contribution in [-0.2, 0) is 9.53 Å². The van der Waals surface area contributed by atoms with Crippen LogP contribution < -0.4 is 5.32 Å². The lowest BCUT2D eigenvalue weighted by Crippen LogP contribution is -2.30. The average Bonchev–Trinajstić information content (AvgIpc) is 3.14. The van der Waals surface area contributed by atoms with Gasteiger partial charge < -0.3 is 10.1 Å². The molecule has 12 heteroatoms. The zero-order chi connectivity index (χ0) is 22.5. The smallest absolute Gasteiger partial charge is 0.339 e. The van der Waals surface area contributed by atoms with Crippen molar-refractivity contribution in [3.8, 4) is 0 Å². The number of hydrogen-bond acceptors (Lipinski definition) is 9. The number of pyridine rings is 1. The zero-order valence-electron chi connectivity index (χ0n) is 16.2. The third-order valence-corrected chi connectivity index (χ3v) is 6.16. The summed E-state index contributed by atoms with van der Waals surface area (Å²) in [4.78, 5) is 44.1. The molecule has 2 aromatic heterocycles. The van der Waals surface area contributed by atoms with Crippen LogP contribution in [0.3, 0.4) is 0 Å².